The Morgan fingerprint density at radius 2 is 1.23 bits per heavy atom. The van der Waals surface area contributed by atoms with Crippen LogP contribution in [0.4, 0.5) is 32.0 Å². The molecule has 10 heteroatoms. The van der Waals surface area contributed by atoms with Gasteiger partial charge in [0, 0.05) is 30.9 Å². The van der Waals surface area contributed by atoms with Gasteiger partial charge < -0.3 is 10.6 Å². The Hall–Kier alpha value is -3.11. The van der Waals surface area contributed by atoms with Gasteiger partial charge in [0.05, 0.1) is 11.1 Å². The van der Waals surface area contributed by atoms with Gasteiger partial charge in [-0.05, 0) is 54.4 Å². The maximum absolute atomic E-state index is 13.3. The second kappa shape index (κ2) is 12.4. The highest BCUT2D eigenvalue weighted by Gasteiger charge is 2.37. The Labute approximate surface area is 229 Å². The van der Waals surface area contributed by atoms with E-state index in [4.69, 9.17) is 12.2 Å². The van der Waals surface area contributed by atoms with E-state index in [1.165, 1.54) is 0 Å². The number of anilines is 1. The molecule has 0 aliphatic heterocycles. The first-order valence-corrected chi connectivity index (χ1v) is 13.1. The summed E-state index contributed by atoms with van der Waals surface area (Å²) in [5.74, 6) is 0. The van der Waals surface area contributed by atoms with Gasteiger partial charge in [-0.2, -0.15) is 26.3 Å². The first-order chi connectivity index (χ1) is 18.5. The standard InChI is InChI=1S/C29H29F6N3S/c30-28(31,32)22-15-23(29(33,34)35)17-24(16-22)36-27(39)37-25-13-7-8-14-26(25)38(18-20-9-3-1-4-10-20)19-21-11-5-2-6-12-21/h1-6,9-12,15-17,25-26H,7-8,13-14,18-19H2,(H2,36,37,39). The van der Waals surface area contributed by atoms with Gasteiger partial charge >= 0.3 is 12.4 Å². The lowest BCUT2D eigenvalue weighted by molar-refractivity contribution is -0.143. The minimum atomic E-state index is -4.93. The molecule has 0 radical (unpaired) electrons. The number of rotatable bonds is 7. The fourth-order valence-electron chi connectivity index (χ4n) is 5.01. The average molecular weight is 566 g/mol. The Balaban J connectivity index is 1.54. The van der Waals surface area contributed by atoms with Crippen LogP contribution in [0.3, 0.4) is 0 Å². The highest BCUT2D eigenvalue weighted by molar-refractivity contribution is 7.80. The van der Waals surface area contributed by atoms with Crippen molar-refractivity contribution in [1.29, 1.82) is 0 Å². The molecule has 0 bridgehead atoms. The Morgan fingerprint density at radius 1 is 0.744 bits per heavy atom. The van der Waals surface area contributed by atoms with Crippen molar-refractivity contribution in [2.24, 2.45) is 0 Å². The normalized spacial score (nSPS) is 18.1. The van der Waals surface area contributed by atoms with E-state index in [0.29, 0.717) is 25.2 Å². The van der Waals surface area contributed by atoms with Crippen LogP contribution in [0.5, 0.6) is 0 Å². The summed E-state index contributed by atoms with van der Waals surface area (Å²) in [7, 11) is 0. The second-order valence-corrected chi connectivity index (χ2v) is 10.1. The third-order valence-corrected chi connectivity index (χ3v) is 7.04. The number of nitrogens with zero attached hydrogens (tertiary/aromatic N) is 1. The van der Waals surface area contributed by atoms with Crippen LogP contribution in [0, 0.1) is 0 Å². The number of hydrogen-bond acceptors (Lipinski definition) is 2. The van der Waals surface area contributed by atoms with Crippen molar-refractivity contribution in [1.82, 2.24) is 10.2 Å². The SMILES string of the molecule is FC(F)(F)c1cc(NC(=S)NC2CCCCC2N(Cc2ccccc2)Cc2ccccc2)cc(C(F)(F)F)c1. The first kappa shape index (κ1) is 28.9. The van der Waals surface area contributed by atoms with Crippen molar-refractivity contribution in [3.05, 3.63) is 101 Å². The molecule has 0 aromatic heterocycles. The maximum atomic E-state index is 13.3. The zero-order valence-electron chi connectivity index (χ0n) is 21.0. The molecule has 0 amide bonds. The van der Waals surface area contributed by atoms with Crippen molar-refractivity contribution < 1.29 is 26.3 Å². The number of nitrogens with one attached hydrogen (secondary N) is 2. The van der Waals surface area contributed by atoms with Gasteiger partial charge in [0.2, 0.25) is 0 Å². The Bertz CT molecular complexity index is 1160. The molecule has 1 saturated carbocycles. The summed E-state index contributed by atoms with van der Waals surface area (Å²) in [6.45, 7) is 1.36. The van der Waals surface area contributed by atoms with Gasteiger partial charge in [-0.1, -0.05) is 73.5 Å². The van der Waals surface area contributed by atoms with Gasteiger partial charge in [0.1, 0.15) is 0 Å². The van der Waals surface area contributed by atoms with Crippen LogP contribution in [0.1, 0.15) is 47.9 Å². The third-order valence-electron chi connectivity index (χ3n) is 6.82. The van der Waals surface area contributed by atoms with E-state index in [1.807, 2.05) is 36.4 Å². The van der Waals surface area contributed by atoms with Crippen molar-refractivity contribution in [3.63, 3.8) is 0 Å². The summed E-state index contributed by atoms with van der Waals surface area (Å²) in [5, 5.41) is 5.76. The molecule has 208 valence electrons. The molecular formula is C29H29F6N3S. The van der Waals surface area contributed by atoms with Crippen LogP contribution in [-0.2, 0) is 25.4 Å². The molecule has 2 atom stereocenters. The van der Waals surface area contributed by atoms with Crippen LogP contribution in [0.2, 0.25) is 0 Å². The highest BCUT2D eigenvalue weighted by atomic mass is 32.1. The highest BCUT2D eigenvalue weighted by Crippen LogP contribution is 2.37. The van der Waals surface area contributed by atoms with E-state index in [-0.39, 0.29) is 28.9 Å². The predicted octanol–water partition coefficient (Wildman–Crippen LogP) is 8.02. The second-order valence-electron chi connectivity index (χ2n) is 9.73. The number of hydrogen-bond donors (Lipinski definition) is 2. The van der Waals surface area contributed by atoms with Crippen molar-refractivity contribution in [3.8, 4) is 0 Å². The third kappa shape index (κ3) is 8.19. The topological polar surface area (TPSA) is 27.3 Å². The summed E-state index contributed by atoms with van der Waals surface area (Å²) in [4.78, 5) is 2.36. The summed E-state index contributed by atoms with van der Waals surface area (Å²) >= 11 is 5.39. The quantitative estimate of drug-likeness (QED) is 0.224. The van der Waals surface area contributed by atoms with Crippen LogP contribution >= 0.6 is 12.2 Å². The van der Waals surface area contributed by atoms with Gasteiger partial charge in [-0.3, -0.25) is 4.90 Å². The van der Waals surface area contributed by atoms with E-state index in [1.54, 1.807) is 0 Å². The minimum Gasteiger partial charge on any atom is -0.358 e. The smallest absolute Gasteiger partial charge is 0.358 e. The van der Waals surface area contributed by atoms with E-state index in [0.717, 1.165) is 36.8 Å². The number of benzene rings is 3. The van der Waals surface area contributed by atoms with Crippen LogP contribution in [0.15, 0.2) is 78.9 Å². The molecule has 3 nitrogen and oxygen atoms in total. The number of alkyl halides is 6. The van der Waals surface area contributed by atoms with Crippen LogP contribution in [-0.4, -0.2) is 22.1 Å². The van der Waals surface area contributed by atoms with Crippen molar-refractivity contribution >= 4 is 23.0 Å². The molecule has 0 saturated heterocycles. The fraction of sp³-hybridized carbons (Fsp3) is 0.345. The molecule has 3 aromatic rings. The Morgan fingerprint density at radius 3 is 1.72 bits per heavy atom. The molecule has 0 heterocycles. The monoisotopic (exact) mass is 565 g/mol. The Kier molecular flexibility index (Phi) is 9.17. The molecule has 2 unspecified atom stereocenters. The van der Waals surface area contributed by atoms with Gasteiger partial charge in [0.15, 0.2) is 5.11 Å². The zero-order valence-corrected chi connectivity index (χ0v) is 21.8. The summed E-state index contributed by atoms with van der Waals surface area (Å²) in [6.07, 6.45) is -6.29. The predicted molar refractivity (Wildman–Crippen MR) is 144 cm³/mol. The minimum absolute atomic E-state index is 0.0151. The molecule has 4 rings (SSSR count). The molecule has 39 heavy (non-hydrogen) atoms. The lowest BCUT2D eigenvalue weighted by Crippen LogP contribution is -2.53. The fourth-order valence-corrected chi connectivity index (χ4v) is 5.27. The van der Waals surface area contributed by atoms with Crippen LogP contribution in [0.25, 0.3) is 0 Å². The first-order valence-electron chi connectivity index (χ1n) is 12.7. The lowest BCUT2D eigenvalue weighted by Gasteiger charge is -2.41. The maximum Gasteiger partial charge on any atom is 0.416 e. The van der Waals surface area contributed by atoms with Crippen molar-refractivity contribution in [2.75, 3.05) is 5.32 Å². The van der Waals surface area contributed by atoms with Crippen molar-refractivity contribution in [2.45, 2.75) is 63.2 Å². The van der Waals surface area contributed by atoms with E-state index in [9.17, 15) is 26.3 Å². The van der Waals surface area contributed by atoms with E-state index >= 15 is 0 Å². The number of thiocarbonyl (C=S) groups is 1. The van der Waals surface area contributed by atoms with Gasteiger partial charge in [-0.25, -0.2) is 0 Å². The van der Waals surface area contributed by atoms with E-state index in [2.05, 4.69) is 39.8 Å². The largest absolute Gasteiger partial charge is 0.416 e. The van der Waals surface area contributed by atoms with Gasteiger partial charge in [-0.15, -0.1) is 0 Å². The number of halogens is 6. The van der Waals surface area contributed by atoms with Gasteiger partial charge in [0.25, 0.3) is 0 Å². The zero-order chi connectivity index (χ0) is 28.0. The molecule has 0 spiro atoms. The molecule has 1 fully saturated rings. The molecule has 1 aliphatic rings. The molecule has 3 aromatic carbocycles. The molecular weight excluding hydrogens is 536 g/mol. The molecule has 1 aliphatic carbocycles. The summed E-state index contributed by atoms with van der Waals surface area (Å²) in [6, 6.07) is 21.4. The molecule has 2 N–H and O–H groups in total. The summed E-state index contributed by atoms with van der Waals surface area (Å²) in [5.41, 5.74) is -0.873. The average Bonchev–Trinajstić information content (AvgIpc) is 2.89. The lowest BCUT2D eigenvalue weighted by atomic mass is 9.88. The van der Waals surface area contributed by atoms with Crippen LogP contribution < -0.4 is 10.6 Å². The van der Waals surface area contributed by atoms with E-state index < -0.39 is 23.5 Å². The summed E-state index contributed by atoms with van der Waals surface area (Å²) < 4.78 is 79.8.